The van der Waals surface area contributed by atoms with E-state index < -0.39 is 5.91 Å². The minimum atomic E-state index is -0.397. The number of carbonyl (C=O) groups is 1. The van der Waals surface area contributed by atoms with Crippen LogP contribution in [0, 0.1) is 6.92 Å². The van der Waals surface area contributed by atoms with Crippen LogP contribution in [-0.4, -0.2) is 11.0 Å². The third-order valence-corrected chi connectivity index (χ3v) is 3.45. The first-order valence-electron chi connectivity index (χ1n) is 5.54. The highest BCUT2D eigenvalue weighted by Crippen LogP contribution is 2.26. The van der Waals surface area contributed by atoms with Crippen molar-refractivity contribution < 1.29 is 9.90 Å². The van der Waals surface area contributed by atoms with E-state index >= 15 is 0 Å². The molecule has 0 saturated heterocycles. The maximum atomic E-state index is 12.1. The van der Waals surface area contributed by atoms with Crippen molar-refractivity contribution in [3.8, 4) is 5.75 Å². The van der Waals surface area contributed by atoms with E-state index in [4.69, 9.17) is 23.2 Å². The Hall–Kier alpha value is -1.71. The molecule has 0 spiro atoms. The number of hydrogen-bond acceptors (Lipinski definition) is 2. The summed E-state index contributed by atoms with van der Waals surface area (Å²) in [6.07, 6.45) is 0. The van der Waals surface area contributed by atoms with E-state index in [1.807, 2.05) is 6.92 Å². The first-order valence-corrected chi connectivity index (χ1v) is 6.29. The molecule has 98 valence electrons. The first kappa shape index (κ1) is 13.7. The Labute approximate surface area is 120 Å². The summed E-state index contributed by atoms with van der Waals surface area (Å²) in [5.41, 5.74) is 1.59. The standard InChI is InChI=1S/C14H11Cl2NO2/c1-8-11(15)3-2-4-13(8)17-14(19)10-7-9(18)5-6-12(10)16/h2-7,18H,1H3,(H,17,19). The lowest BCUT2D eigenvalue weighted by Crippen LogP contribution is -2.13. The van der Waals surface area contributed by atoms with Gasteiger partial charge in [-0.05, 0) is 42.8 Å². The average Bonchev–Trinajstić information content (AvgIpc) is 2.38. The lowest BCUT2D eigenvalue weighted by molar-refractivity contribution is 0.102. The van der Waals surface area contributed by atoms with E-state index in [-0.39, 0.29) is 16.3 Å². The third kappa shape index (κ3) is 3.00. The molecule has 0 atom stereocenters. The van der Waals surface area contributed by atoms with Gasteiger partial charge in [0.1, 0.15) is 5.75 Å². The van der Waals surface area contributed by atoms with Gasteiger partial charge < -0.3 is 10.4 Å². The topological polar surface area (TPSA) is 49.3 Å². The van der Waals surface area contributed by atoms with Gasteiger partial charge in [-0.3, -0.25) is 4.79 Å². The summed E-state index contributed by atoms with van der Waals surface area (Å²) >= 11 is 11.9. The molecule has 2 rings (SSSR count). The number of aromatic hydroxyl groups is 1. The van der Waals surface area contributed by atoms with E-state index in [1.165, 1.54) is 18.2 Å². The number of carbonyl (C=O) groups excluding carboxylic acids is 1. The Kier molecular flexibility index (Phi) is 3.98. The Morgan fingerprint density at radius 3 is 2.63 bits per heavy atom. The van der Waals surface area contributed by atoms with E-state index in [9.17, 15) is 9.90 Å². The van der Waals surface area contributed by atoms with Crippen LogP contribution in [0.3, 0.4) is 0 Å². The first-order chi connectivity index (χ1) is 8.99. The summed E-state index contributed by atoms with van der Waals surface area (Å²) in [7, 11) is 0. The van der Waals surface area contributed by atoms with Gasteiger partial charge in [-0.1, -0.05) is 29.3 Å². The Morgan fingerprint density at radius 2 is 1.89 bits per heavy atom. The summed E-state index contributed by atoms with van der Waals surface area (Å²) in [6.45, 7) is 1.81. The van der Waals surface area contributed by atoms with Crippen molar-refractivity contribution in [2.75, 3.05) is 5.32 Å². The van der Waals surface area contributed by atoms with E-state index in [2.05, 4.69) is 5.32 Å². The molecule has 3 nitrogen and oxygen atoms in total. The second kappa shape index (κ2) is 5.51. The molecule has 0 unspecified atom stereocenters. The number of phenols is 1. The molecule has 0 radical (unpaired) electrons. The van der Waals surface area contributed by atoms with E-state index in [0.717, 1.165) is 5.56 Å². The zero-order valence-electron chi connectivity index (χ0n) is 10.1. The Balaban J connectivity index is 2.31. The number of rotatable bonds is 2. The van der Waals surface area contributed by atoms with Gasteiger partial charge in [0.05, 0.1) is 10.6 Å². The van der Waals surface area contributed by atoms with Crippen molar-refractivity contribution in [1.29, 1.82) is 0 Å². The van der Waals surface area contributed by atoms with Crippen molar-refractivity contribution in [3.05, 3.63) is 57.6 Å². The quantitative estimate of drug-likeness (QED) is 0.870. The number of nitrogens with one attached hydrogen (secondary N) is 1. The molecule has 0 heterocycles. The molecule has 1 amide bonds. The molecule has 2 aromatic rings. The molecule has 0 aliphatic rings. The molecule has 0 bridgehead atoms. The number of halogens is 2. The molecule has 2 aromatic carbocycles. The SMILES string of the molecule is Cc1c(Cl)cccc1NC(=O)c1cc(O)ccc1Cl. The monoisotopic (exact) mass is 295 g/mol. The van der Waals surface area contributed by atoms with Crippen molar-refractivity contribution in [2.45, 2.75) is 6.92 Å². The molecule has 0 aliphatic heterocycles. The van der Waals surface area contributed by atoms with Gasteiger partial charge in [0, 0.05) is 10.7 Å². The smallest absolute Gasteiger partial charge is 0.257 e. The van der Waals surface area contributed by atoms with Crippen LogP contribution in [0.25, 0.3) is 0 Å². The highest BCUT2D eigenvalue weighted by Gasteiger charge is 2.13. The lowest BCUT2D eigenvalue weighted by atomic mass is 10.1. The van der Waals surface area contributed by atoms with Crippen LogP contribution in [0.1, 0.15) is 15.9 Å². The highest BCUT2D eigenvalue weighted by atomic mass is 35.5. The van der Waals surface area contributed by atoms with Gasteiger partial charge in [0.25, 0.3) is 5.91 Å². The minimum absolute atomic E-state index is 0.0163. The van der Waals surface area contributed by atoms with Gasteiger partial charge in [0.15, 0.2) is 0 Å². The lowest BCUT2D eigenvalue weighted by Gasteiger charge is -2.10. The van der Waals surface area contributed by atoms with E-state index in [0.29, 0.717) is 10.7 Å². The summed E-state index contributed by atoms with van der Waals surface area (Å²) in [6, 6.07) is 9.44. The summed E-state index contributed by atoms with van der Waals surface area (Å²) in [5.74, 6) is -0.413. The zero-order valence-corrected chi connectivity index (χ0v) is 11.6. The maximum Gasteiger partial charge on any atom is 0.257 e. The zero-order chi connectivity index (χ0) is 14.0. The predicted molar refractivity (Wildman–Crippen MR) is 77.3 cm³/mol. The van der Waals surface area contributed by atoms with Gasteiger partial charge in [-0.25, -0.2) is 0 Å². The van der Waals surface area contributed by atoms with Crippen molar-refractivity contribution in [3.63, 3.8) is 0 Å². The van der Waals surface area contributed by atoms with Crippen molar-refractivity contribution in [2.24, 2.45) is 0 Å². The summed E-state index contributed by atoms with van der Waals surface area (Å²) in [5, 5.41) is 13.0. The Bertz CT molecular complexity index is 641. The number of anilines is 1. The van der Waals surface area contributed by atoms with Gasteiger partial charge in [-0.2, -0.15) is 0 Å². The summed E-state index contributed by atoms with van der Waals surface area (Å²) in [4.78, 5) is 12.1. The fourth-order valence-electron chi connectivity index (χ4n) is 1.62. The largest absolute Gasteiger partial charge is 0.508 e. The van der Waals surface area contributed by atoms with Crippen molar-refractivity contribution >= 4 is 34.8 Å². The van der Waals surface area contributed by atoms with Gasteiger partial charge in [-0.15, -0.1) is 0 Å². The van der Waals surface area contributed by atoms with Crippen LogP contribution in [-0.2, 0) is 0 Å². The van der Waals surface area contributed by atoms with Crippen LogP contribution in [0.4, 0.5) is 5.69 Å². The third-order valence-electron chi connectivity index (χ3n) is 2.71. The number of phenolic OH excluding ortho intramolecular Hbond substituents is 1. The molecule has 0 fully saturated rings. The Morgan fingerprint density at radius 1 is 1.16 bits per heavy atom. The molecular weight excluding hydrogens is 285 g/mol. The molecule has 0 saturated carbocycles. The van der Waals surface area contributed by atoms with Crippen LogP contribution >= 0.6 is 23.2 Å². The highest BCUT2D eigenvalue weighted by molar-refractivity contribution is 6.34. The fourth-order valence-corrected chi connectivity index (χ4v) is 2.00. The summed E-state index contributed by atoms with van der Waals surface area (Å²) < 4.78 is 0. The number of benzene rings is 2. The molecule has 19 heavy (non-hydrogen) atoms. The van der Waals surface area contributed by atoms with Gasteiger partial charge >= 0.3 is 0 Å². The van der Waals surface area contributed by atoms with Crippen LogP contribution < -0.4 is 5.32 Å². The van der Waals surface area contributed by atoms with Crippen molar-refractivity contribution in [1.82, 2.24) is 0 Å². The number of hydrogen-bond donors (Lipinski definition) is 2. The van der Waals surface area contributed by atoms with E-state index in [1.54, 1.807) is 18.2 Å². The maximum absolute atomic E-state index is 12.1. The second-order valence-corrected chi connectivity index (χ2v) is 4.85. The average molecular weight is 296 g/mol. The van der Waals surface area contributed by atoms with Crippen LogP contribution in [0.5, 0.6) is 5.75 Å². The normalized spacial score (nSPS) is 10.3. The number of amides is 1. The predicted octanol–water partition coefficient (Wildman–Crippen LogP) is 4.26. The second-order valence-electron chi connectivity index (χ2n) is 4.03. The molecule has 0 aliphatic carbocycles. The fraction of sp³-hybridized carbons (Fsp3) is 0.0714. The van der Waals surface area contributed by atoms with Gasteiger partial charge in [0.2, 0.25) is 0 Å². The minimum Gasteiger partial charge on any atom is -0.508 e. The molecular formula is C14H11Cl2NO2. The molecule has 2 N–H and O–H groups in total. The molecule has 0 aromatic heterocycles. The van der Waals surface area contributed by atoms with Crippen LogP contribution in [0.2, 0.25) is 10.0 Å². The van der Waals surface area contributed by atoms with Crippen LogP contribution in [0.15, 0.2) is 36.4 Å². The molecule has 5 heteroatoms.